The lowest BCUT2D eigenvalue weighted by atomic mass is 10.0. The van der Waals surface area contributed by atoms with Crippen molar-refractivity contribution in [2.24, 2.45) is 0 Å². The van der Waals surface area contributed by atoms with Gasteiger partial charge in [0.15, 0.2) is 6.54 Å². The van der Waals surface area contributed by atoms with Crippen LogP contribution >= 0.6 is 0 Å². The molecule has 0 radical (unpaired) electrons. The summed E-state index contributed by atoms with van der Waals surface area (Å²) >= 11 is 0. The van der Waals surface area contributed by atoms with Gasteiger partial charge in [0.25, 0.3) is 5.91 Å². The van der Waals surface area contributed by atoms with Gasteiger partial charge in [-0.25, -0.2) is 4.90 Å². The van der Waals surface area contributed by atoms with Crippen molar-refractivity contribution in [1.82, 2.24) is 10.2 Å². The van der Waals surface area contributed by atoms with Gasteiger partial charge in [0.05, 0.1) is 26.8 Å². The SMILES string of the molecule is CCCCCCCCCCCCCCCCCC[N+](C)(C)CC(=O)NC(CC)N(C)C(C)(O)O. The zero-order chi connectivity index (χ0) is 25.9. The number of rotatable bonds is 23. The minimum Gasteiger partial charge on any atom is -0.353 e. The van der Waals surface area contributed by atoms with E-state index in [1.54, 1.807) is 7.05 Å². The Bertz CT molecular complexity index is 492. The molecule has 6 nitrogen and oxygen atoms in total. The fourth-order valence-corrected chi connectivity index (χ4v) is 4.56. The molecule has 0 aliphatic rings. The number of unbranched alkanes of at least 4 members (excludes halogenated alkanes) is 15. The van der Waals surface area contributed by atoms with E-state index in [0.717, 1.165) is 13.0 Å². The lowest BCUT2D eigenvalue weighted by molar-refractivity contribution is -0.882. The lowest BCUT2D eigenvalue weighted by Crippen LogP contribution is -2.58. The molecule has 1 unspecified atom stereocenters. The van der Waals surface area contributed by atoms with Crippen LogP contribution < -0.4 is 5.32 Å². The molecule has 0 spiro atoms. The van der Waals surface area contributed by atoms with Crippen molar-refractivity contribution in [3.8, 4) is 0 Å². The summed E-state index contributed by atoms with van der Waals surface area (Å²) < 4.78 is 0.653. The summed E-state index contributed by atoms with van der Waals surface area (Å²) in [5.74, 6) is -2.00. The Morgan fingerprint density at radius 3 is 1.53 bits per heavy atom. The number of likely N-dealkylation sites (N-methyl/N-ethyl adjacent to an activating group) is 1. The Hall–Kier alpha value is -0.690. The Morgan fingerprint density at radius 1 is 0.794 bits per heavy atom. The average molecular weight is 487 g/mol. The van der Waals surface area contributed by atoms with Crippen molar-refractivity contribution >= 4 is 5.91 Å². The molecular weight excluding hydrogens is 426 g/mol. The molecule has 0 aromatic rings. The molecule has 1 atom stereocenters. The molecule has 1 amide bonds. The second-order valence-corrected chi connectivity index (χ2v) is 11.2. The summed E-state index contributed by atoms with van der Waals surface area (Å²) in [6.45, 7) is 6.89. The summed E-state index contributed by atoms with van der Waals surface area (Å²) in [4.78, 5) is 13.9. The van der Waals surface area contributed by atoms with E-state index in [-0.39, 0.29) is 5.91 Å². The standard InChI is InChI=1S/C28H59N3O3/c1-7-9-10-11-12-13-14-15-16-17-18-19-20-21-22-23-24-31(5,6)25-27(32)29-26(8-2)30(4)28(3,33)34/h26,33-34H,7-25H2,1-6H3/p+1. The van der Waals surface area contributed by atoms with Gasteiger partial charge >= 0.3 is 0 Å². The number of hydrogen-bond acceptors (Lipinski definition) is 4. The third-order valence-corrected chi connectivity index (χ3v) is 7.04. The molecule has 204 valence electrons. The molecule has 6 heteroatoms. The van der Waals surface area contributed by atoms with Crippen LogP contribution in [0.1, 0.15) is 130 Å². The fraction of sp³-hybridized carbons (Fsp3) is 0.964. The van der Waals surface area contributed by atoms with E-state index in [9.17, 15) is 15.0 Å². The molecule has 0 aromatic heterocycles. The molecule has 0 rings (SSSR count). The van der Waals surface area contributed by atoms with Gasteiger partial charge < -0.3 is 20.0 Å². The molecule has 0 aliphatic heterocycles. The van der Waals surface area contributed by atoms with Crippen LogP contribution in [0.25, 0.3) is 0 Å². The quantitative estimate of drug-likeness (QED) is 0.0974. The Morgan fingerprint density at radius 2 is 1.18 bits per heavy atom. The molecule has 0 aliphatic carbocycles. The monoisotopic (exact) mass is 486 g/mol. The highest BCUT2D eigenvalue weighted by Gasteiger charge is 2.30. The van der Waals surface area contributed by atoms with E-state index in [1.165, 1.54) is 108 Å². The highest BCUT2D eigenvalue weighted by molar-refractivity contribution is 5.77. The van der Waals surface area contributed by atoms with Gasteiger partial charge in [0.2, 0.25) is 5.91 Å². The zero-order valence-electron chi connectivity index (χ0n) is 23.7. The van der Waals surface area contributed by atoms with Crippen molar-refractivity contribution in [1.29, 1.82) is 0 Å². The second-order valence-electron chi connectivity index (χ2n) is 11.2. The van der Waals surface area contributed by atoms with E-state index in [0.29, 0.717) is 17.4 Å². The number of quaternary nitrogens is 1. The van der Waals surface area contributed by atoms with Crippen molar-refractivity contribution in [2.75, 3.05) is 34.2 Å². The van der Waals surface area contributed by atoms with Gasteiger partial charge in [-0.05, 0) is 26.3 Å². The Balaban J connectivity index is 3.73. The first-order valence-corrected chi connectivity index (χ1v) is 14.3. The van der Waals surface area contributed by atoms with Gasteiger partial charge in [-0.2, -0.15) is 0 Å². The first-order chi connectivity index (χ1) is 16.0. The summed E-state index contributed by atoms with van der Waals surface area (Å²) in [6, 6.07) is 0. The van der Waals surface area contributed by atoms with Crippen LogP contribution in [0.3, 0.4) is 0 Å². The predicted molar refractivity (Wildman–Crippen MR) is 144 cm³/mol. The number of hydrogen-bond donors (Lipinski definition) is 3. The maximum atomic E-state index is 12.5. The van der Waals surface area contributed by atoms with E-state index < -0.39 is 12.1 Å². The van der Waals surface area contributed by atoms with E-state index in [2.05, 4.69) is 26.3 Å². The number of carbonyl (C=O) groups excluding carboxylic acids is 1. The fourth-order valence-electron chi connectivity index (χ4n) is 4.56. The maximum absolute atomic E-state index is 12.5. The van der Waals surface area contributed by atoms with Gasteiger partial charge in [-0.3, -0.25) is 4.79 Å². The topological polar surface area (TPSA) is 72.8 Å². The summed E-state index contributed by atoms with van der Waals surface area (Å²) in [5.41, 5.74) is 0. The molecular formula is C28H60N3O3+. The summed E-state index contributed by atoms with van der Waals surface area (Å²) in [7, 11) is 5.79. The number of amides is 1. The molecule has 0 heterocycles. The summed E-state index contributed by atoms with van der Waals surface area (Å²) in [5, 5.41) is 22.5. The van der Waals surface area contributed by atoms with Gasteiger partial charge in [0.1, 0.15) is 0 Å². The maximum Gasteiger partial charge on any atom is 0.276 e. The van der Waals surface area contributed by atoms with E-state index in [4.69, 9.17) is 0 Å². The number of carbonyl (C=O) groups is 1. The third-order valence-electron chi connectivity index (χ3n) is 7.04. The predicted octanol–water partition coefficient (Wildman–Crippen LogP) is 5.77. The van der Waals surface area contributed by atoms with Crippen LogP contribution in [0.5, 0.6) is 0 Å². The molecule has 0 saturated heterocycles. The third kappa shape index (κ3) is 18.6. The number of aliphatic hydroxyl groups is 2. The van der Waals surface area contributed by atoms with Crippen molar-refractivity contribution in [3.63, 3.8) is 0 Å². The summed E-state index contributed by atoms with van der Waals surface area (Å²) in [6.07, 6.45) is 22.1. The molecule has 3 N–H and O–H groups in total. The minimum absolute atomic E-state index is 0.0514. The second kappa shape index (κ2) is 19.5. The van der Waals surface area contributed by atoms with Crippen LogP contribution in [0, 0.1) is 0 Å². The van der Waals surface area contributed by atoms with E-state index >= 15 is 0 Å². The zero-order valence-corrected chi connectivity index (χ0v) is 23.7. The molecule has 34 heavy (non-hydrogen) atoms. The van der Waals surface area contributed by atoms with Crippen molar-refractivity contribution in [2.45, 2.75) is 142 Å². The highest BCUT2D eigenvalue weighted by atomic mass is 16.5. The Labute approximate surface area is 212 Å². The first-order valence-electron chi connectivity index (χ1n) is 14.3. The molecule has 0 saturated carbocycles. The molecule has 0 bridgehead atoms. The van der Waals surface area contributed by atoms with Gasteiger partial charge in [-0.1, -0.05) is 104 Å². The minimum atomic E-state index is -1.95. The van der Waals surface area contributed by atoms with Gasteiger partial charge in [0, 0.05) is 6.92 Å². The smallest absolute Gasteiger partial charge is 0.276 e. The number of nitrogens with one attached hydrogen (secondary N) is 1. The highest BCUT2D eigenvalue weighted by Crippen LogP contribution is 2.14. The molecule has 0 fully saturated rings. The van der Waals surface area contributed by atoms with Crippen molar-refractivity contribution < 1.29 is 19.5 Å². The van der Waals surface area contributed by atoms with Crippen LogP contribution in [0.15, 0.2) is 0 Å². The van der Waals surface area contributed by atoms with Crippen molar-refractivity contribution in [3.05, 3.63) is 0 Å². The average Bonchev–Trinajstić information content (AvgIpc) is 2.75. The van der Waals surface area contributed by atoms with Crippen LogP contribution in [-0.4, -0.2) is 71.8 Å². The molecule has 0 aromatic carbocycles. The van der Waals surface area contributed by atoms with E-state index in [1.807, 2.05) is 6.92 Å². The Kier molecular flexibility index (Phi) is 19.1. The lowest BCUT2D eigenvalue weighted by Gasteiger charge is -2.36. The first kappa shape index (κ1) is 33.3. The normalized spacial score (nSPS) is 13.4. The van der Waals surface area contributed by atoms with Crippen LogP contribution in [0.4, 0.5) is 0 Å². The largest absolute Gasteiger partial charge is 0.353 e. The van der Waals surface area contributed by atoms with Crippen LogP contribution in [0.2, 0.25) is 0 Å². The van der Waals surface area contributed by atoms with Gasteiger partial charge in [-0.15, -0.1) is 0 Å². The number of nitrogens with zero attached hydrogens (tertiary/aromatic N) is 2. The van der Waals surface area contributed by atoms with Crippen LogP contribution in [-0.2, 0) is 4.79 Å².